The van der Waals surface area contributed by atoms with Gasteiger partial charge in [0.1, 0.15) is 12.4 Å². The third kappa shape index (κ3) is 3.99. The molecule has 23 heavy (non-hydrogen) atoms. The van der Waals surface area contributed by atoms with Gasteiger partial charge >= 0.3 is 0 Å². The summed E-state index contributed by atoms with van der Waals surface area (Å²) in [6.07, 6.45) is 1.11. The lowest BCUT2D eigenvalue weighted by atomic mass is 10.1. The van der Waals surface area contributed by atoms with E-state index in [0.29, 0.717) is 16.9 Å². The van der Waals surface area contributed by atoms with Crippen molar-refractivity contribution in [2.75, 3.05) is 6.26 Å². The van der Waals surface area contributed by atoms with Gasteiger partial charge in [-0.15, -0.1) is 0 Å². The molecule has 0 heterocycles. The van der Waals surface area contributed by atoms with Gasteiger partial charge in [-0.1, -0.05) is 30.3 Å². The van der Waals surface area contributed by atoms with Crippen molar-refractivity contribution < 1.29 is 13.2 Å². The van der Waals surface area contributed by atoms with E-state index in [1.807, 2.05) is 18.2 Å². The molecular formula is C15H18N4O3S. The van der Waals surface area contributed by atoms with E-state index in [0.717, 1.165) is 6.26 Å². The fourth-order valence-corrected chi connectivity index (χ4v) is 3.05. The van der Waals surface area contributed by atoms with Crippen LogP contribution in [0.15, 0.2) is 58.5 Å². The molecule has 0 aliphatic carbocycles. The van der Waals surface area contributed by atoms with Crippen molar-refractivity contribution >= 4 is 15.7 Å². The lowest BCUT2D eigenvalue weighted by molar-refractivity contribution is 0.305. The number of hydrazine groups is 1. The maximum Gasteiger partial charge on any atom is 0.176 e. The zero-order valence-electron chi connectivity index (χ0n) is 12.6. The second kappa shape index (κ2) is 7.12. The first kappa shape index (κ1) is 16.8. The van der Waals surface area contributed by atoms with Crippen molar-refractivity contribution in [1.82, 2.24) is 5.43 Å². The SMILES string of the molecule is CS(=O)(=O)c1cccc(COc2ccccc2)c1/C(=N\N)NN. The molecule has 0 saturated heterocycles. The highest BCUT2D eigenvalue weighted by molar-refractivity contribution is 7.90. The number of rotatable bonds is 5. The molecule has 0 bridgehead atoms. The molecule has 0 spiro atoms. The number of nitrogens with two attached hydrogens (primary N) is 2. The van der Waals surface area contributed by atoms with E-state index in [-0.39, 0.29) is 17.3 Å². The van der Waals surface area contributed by atoms with Crippen LogP contribution in [0, 0.1) is 0 Å². The second-order valence-corrected chi connectivity index (χ2v) is 6.77. The molecule has 2 aromatic rings. The number of hydrogen-bond acceptors (Lipinski definition) is 6. The summed E-state index contributed by atoms with van der Waals surface area (Å²) in [5, 5.41) is 3.53. The van der Waals surface area contributed by atoms with E-state index < -0.39 is 9.84 Å². The Labute approximate surface area is 134 Å². The molecule has 0 aliphatic rings. The summed E-state index contributed by atoms with van der Waals surface area (Å²) >= 11 is 0. The number of para-hydroxylation sites is 1. The molecule has 0 saturated carbocycles. The van der Waals surface area contributed by atoms with E-state index >= 15 is 0 Å². The van der Waals surface area contributed by atoms with Crippen molar-refractivity contribution in [3.05, 3.63) is 59.7 Å². The standard InChI is InChI=1S/C15H18N4O3S/c1-23(20,21)13-9-5-6-11(14(13)15(18-16)19-17)10-22-12-7-3-2-4-8-12/h2-9H,10,16-17H2,1H3,(H,18,19). The van der Waals surface area contributed by atoms with Crippen LogP contribution in [-0.4, -0.2) is 20.5 Å². The van der Waals surface area contributed by atoms with Crippen molar-refractivity contribution in [2.45, 2.75) is 11.5 Å². The number of amidine groups is 1. The maximum absolute atomic E-state index is 12.0. The maximum atomic E-state index is 12.0. The van der Waals surface area contributed by atoms with Gasteiger partial charge in [-0.3, -0.25) is 0 Å². The van der Waals surface area contributed by atoms with Crippen LogP contribution in [0.2, 0.25) is 0 Å². The van der Waals surface area contributed by atoms with E-state index in [1.54, 1.807) is 24.3 Å². The summed E-state index contributed by atoms with van der Waals surface area (Å²) in [5.74, 6) is 11.5. The van der Waals surface area contributed by atoms with E-state index in [1.165, 1.54) is 6.07 Å². The van der Waals surface area contributed by atoms with Crippen LogP contribution in [0.1, 0.15) is 11.1 Å². The minimum Gasteiger partial charge on any atom is -0.489 e. The molecular weight excluding hydrogens is 316 g/mol. The third-order valence-electron chi connectivity index (χ3n) is 3.15. The molecule has 122 valence electrons. The topological polar surface area (TPSA) is 120 Å². The van der Waals surface area contributed by atoms with Crippen molar-refractivity contribution in [3.8, 4) is 5.75 Å². The number of nitrogens with zero attached hydrogens (tertiary/aromatic N) is 1. The van der Waals surface area contributed by atoms with Crippen molar-refractivity contribution in [3.63, 3.8) is 0 Å². The fourth-order valence-electron chi connectivity index (χ4n) is 2.13. The van der Waals surface area contributed by atoms with E-state index in [4.69, 9.17) is 16.4 Å². The third-order valence-corrected chi connectivity index (χ3v) is 4.29. The van der Waals surface area contributed by atoms with Crippen LogP contribution < -0.4 is 21.8 Å². The molecule has 5 N–H and O–H groups in total. The zero-order valence-corrected chi connectivity index (χ0v) is 13.4. The Balaban J connectivity index is 2.46. The van der Waals surface area contributed by atoms with Gasteiger partial charge < -0.3 is 16.0 Å². The first-order valence-corrected chi connectivity index (χ1v) is 8.61. The Bertz CT molecular complexity index is 805. The van der Waals surface area contributed by atoms with E-state index in [2.05, 4.69) is 10.5 Å². The summed E-state index contributed by atoms with van der Waals surface area (Å²) in [7, 11) is -3.49. The van der Waals surface area contributed by atoms with E-state index in [9.17, 15) is 8.42 Å². The molecule has 2 aromatic carbocycles. The summed E-state index contributed by atoms with van der Waals surface area (Å²) in [6, 6.07) is 14.0. The van der Waals surface area contributed by atoms with Gasteiger partial charge in [-0.2, -0.15) is 5.10 Å². The molecule has 0 amide bonds. The predicted molar refractivity (Wildman–Crippen MR) is 88.4 cm³/mol. The van der Waals surface area contributed by atoms with Crippen molar-refractivity contribution in [1.29, 1.82) is 0 Å². The van der Waals surface area contributed by atoms with Gasteiger partial charge in [0.15, 0.2) is 15.7 Å². The second-order valence-electron chi connectivity index (χ2n) is 4.79. The lowest BCUT2D eigenvalue weighted by Gasteiger charge is -2.15. The van der Waals surface area contributed by atoms with Gasteiger partial charge in [0.05, 0.1) is 4.90 Å². The van der Waals surface area contributed by atoms with Gasteiger partial charge in [-0.25, -0.2) is 14.3 Å². The molecule has 0 radical (unpaired) electrons. The molecule has 0 atom stereocenters. The van der Waals surface area contributed by atoms with Crippen LogP contribution in [0.25, 0.3) is 0 Å². The van der Waals surface area contributed by atoms with Crippen LogP contribution >= 0.6 is 0 Å². The quantitative estimate of drug-likeness (QED) is 0.321. The van der Waals surface area contributed by atoms with Gasteiger partial charge in [0, 0.05) is 17.4 Å². The number of sulfone groups is 1. The molecule has 7 nitrogen and oxygen atoms in total. The largest absolute Gasteiger partial charge is 0.489 e. The fraction of sp³-hybridized carbons (Fsp3) is 0.133. The van der Waals surface area contributed by atoms with Crippen LogP contribution in [0.3, 0.4) is 0 Å². The number of ether oxygens (including phenoxy) is 1. The lowest BCUT2D eigenvalue weighted by Crippen LogP contribution is -2.34. The van der Waals surface area contributed by atoms with Crippen LogP contribution in [0.5, 0.6) is 5.75 Å². The molecule has 8 heteroatoms. The summed E-state index contributed by atoms with van der Waals surface area (Å²) in [5.41, 5.74) is 3.22. The normalized spacial score (nSPS) is 12.0. The highest BCUT2D eigenvalue weighted by Gasteiger charge is 2.20. The highest BCUT2D eigenvalue weighted by Crippen LogP contribution is 2.22. The van der Waals surface area contributed by atoms with Crippen LogP contribution in [0.4, 0.5) is 0 Å². The number of hydrazone groups is 1. The number of hydrogen-bond donors (Lipinski definition) is 3. The highest BCUT2D eigenvalue weighted by atomic mass is 32.2. The van der Waals surface area contributed by atoms with Gasteiger partial charge in [0.2, 0.25) is 0 Å². The Morgan fingerprint density at radius 1 is 1.17 bits per heavy atom. The number of benzene rings is 2. The minimum absolute atomic E-state index is 0.0673. The first-order valence-electron chi connectivity index (χ1n) is 6.72. The Morgan fingerprint density at radius 2 is 1.87 bits per heavy atom. The number of nitrogens with one attached hydrogen (secondary N) is 1. The average molecular weight is 334 g/mol. The van der Waals surface area contributed by atoms with Gasteiger partial charge in [-0.05, 0) is 18.2 Å². The minimum atomic E-state index is -3.49. The Kier molecular flexibility index (Phi) is 5.20. The molecule has 0 unspecified atom stereocenters. The Morgan fingerprint density at radius 3 is 2.43 bits per heavy atom. The summed E-state index contributed by atoms with van der Waals surface area (Å²) in [4.78, 5) is 0.0776. The first-order chi connectivity index (χ1) is 11.0. The molecule has 0 aliphatic heterocycles. The summed E-state index contributed by atoms with van der Waals surface area (Å²) in [6.45, 7) is 0.142. The van der Waals surface area contributed by atoms with Gasteiger partial charge in [0.25, 0.3) is 0 Å². The zero-order chi connectivity index (χ0) is 16.9. The Hall–Kier alpha value is -2.58. The smallest absolute Gasteiger partial charge is 0.176 e. The molecule has 0 fully saturated rings. The van der Waals surface area contributed by atoms with Crippen LogP contribution in [-0.2, 0) is 16.4 Å². The predicted octanol–water partition coefficient (Wildman–Crippen LogP) is 0.753. The van der Waals surface area contributed by atoms with Crippen molar-refractivity contribution in [2.24, 2.45) is 16.8 Å². The molecule has 0 aromatic heterocycles. The monoisotopic (exact) mass is 334 g/mol. The molecule has 2 rings (SSSR count). The average Bonchev–Trinajstić information content (AvgIpc) is 2.54. The summed E-state index contributed by atoms with van der Waals surface area (Å²) < 4.78 is 29.7.